The molecule has 37 heavy (non-hydrogen) atoms. The summed E-state index contributed by atoms with van der Waals surface area (Å²) in [6.07, 6.45) is 10.2. The number of aliphatic hydroxyl groups excluding tert-OH is 1. The first-order valence-corrected chi connectivity index (χ1v) is 14.6. The Hall–Kier alpha value is -1.38. The summed E-state index contributed by atoms with van der Waals surface area (Å²) in [5.74, 6) is 0.437. The Bertz CT molecular complexity index is 822. The van der Waals surface area contributed by atoms with Crippen LogP contribution in [0.4, 0.5) is 4.79 Å². The molecule has 0 bridgehead atoms. The molecule has 2 fully saturated rings. The highest BCUT2D eigenvalue weighted by molar-refractivity contribution is 6.30. The monoisotopic (exact) mass is 537 g/mol. The van der Waals surface area contributed by atoms with Gasteiger partial charge in [0.25, 0.3) is 0 Å². The molecule has 8 heteroatoms. The third-order valence-corrected chi connectivity index (χ3v) is 8.60. The molecule has 210 valence electrons. The number of hydrogen-bond acceptors (Lipinski definition) is 5. The molecule has 3 rings (SSSR count). The van der Waals surface area contributed by atoms with Crippen molar-refractivity contribution in [3.63, 3.8) is 0 Å². The van der Waals surface area contributed by atoms with E-state index in [9.17, 15) is 15.0 Å². The van der Waals surface area contributed by atoms with E-state index in [1.807, 2.05) is 36.2 Å². The minimum absolute atomic E-state index is 0.105. The van der Waals surface area contributed by atoms with Gasteiger partial charge in [-0.05, 0) is 69.2 Å². The third kappa shape index (κ3) is 8.82. The maximum atomic E-state index is 13.5. The fraction of sp³-hybridized carbons (Fsp3) is 0.759. The molecule has 4 atom stereocenters. The van der Waals surface area contributed by atoms with Gasteiger partial charge in [0, 0.05) is 44.3 Å². The number of aliphatic hydroxyl groups is 2. The van der Waals surface area contributed by atoms with Crippen LogP contribution in [0.1, 0.15) is 76.2 Å². The summed E-state index contributed by atoms with van der Waals surface area (Å²) in [7, 11) is 3.51. The van der Waals surface area contributed by atoms with Crippen molar-refractivity contribution < 1.29 is 19.7 Å². The number of hydrogen-bond donors (Lipinski definition) is 4. The van der Waals surface area contributed by atoms with Crippen molar-refractivity contribution in [2.24, 2.45) is 11.8 Å². The molecule has 0 aromatic heterocycles. The lowest BCUT2D eigenvalue weighted by molar-refractivity contribution is -0.0566. The number of nitrogens with one attached hydrogen (secondary N) is 2. The highest BCUT2D eigenvalue weighted by atomic mass is 35.5. The van der Waals surface area contributed by atoms with Crippen LogP contribution < -0.4 is 10.6 Å². The van der Waals surface area contributed by atoms with Crippen LogP contribution in [-0.2, 0) is 10.3 Å². The molecule has 1 aliphatic carbocycles. The largest absolute Gasteiger partial charge is 0.390 e. The van der Waals surface area contributed by atoms with Crippen LogP contribution in [0.3, 0.4) is 0 Å². The van der Waals surface area contributed by atoms with Gasteiger partial charge >= 0.3 is 6.03 Å². The first-order chi connectivity index (χ1) is 17.9. The van der Waals surface area contributed by atoms with Crippen LogP contribution in [0.25, 0.3) is 0 Å². The zero-order chi connectivity index (χ0) is 26.7. The Morgan fingerprint density at radius 1 is 1.22 bits per heavy atom. The minimum atomic E-state index is -1.08. The summed E-state index contributed by atoms with van der Waals surface area (Å²) >= 11 is 6.31. The maximum absolute atomic E-state index is 13.5. The van der Waals surface area contributed by atoms with E-state index in [0.717, 1.165) is 37.7 Å². The Kier molecular flexibility index (Phi) is 12.5. The second kappa shape index (κ2) is 15.3. The van der Waals surface area contributed by atoms with E-state index in [1.165, 1.54) is 32.1 Å². The molecule has 0 radical (unpaired) electrons. The van der Waals surface area contributed by atoms with Crippen LogP contribution in [-0.4, -0.2) is 73.7 Å². The average Bonchev–Trinajstić information content (AvgIpc) is 2.91. The van der Waals surface area contributed by atoms with E-state index in [-0.39, 0.29) is 18.0 Å². The molecular formula is C29H48ClN3O4. The van der Waals surface area contributed by atoms with Crippen molar-refractivity contribution in [3.8, 4) is 0 Å². The summed E-state index contributed by atoms with van der Waals surface area (Å²) in [4.78, 5) is 15.3. The molecule has 2 amide bonds. The van der Waals surface area contributed by atoms with Gasteiger partial charge < -0.3 is 30.5 Å². The number of urea groups is 1. The smallest absolute Gasteiger partial charge is 0.317 e. The van der Waals surface area contributed by atoms with Crippen molar-refractivity contribution in [3.05, 3.63) is 34.9 Å². The normalized spacial score (nSPS) is 22.3. The molecule has 1 heterocycles. The van der Waals surface area contributed by atoms with Crippen LogP contribution in [0.15, 0.2) is 24.3 Å². The number of rotatable bonds is 13. The molecular weight excluding hydrogens is 490 g/mol. The Morgan fingerprint density at radius 2 is 2.00 bits per heavy atom. The highest BCUT2D eigenvalue weighted by Gasteiger charge is 2.41. The molecule has 2 aliphatic rings. The van der Waals surface area contributed by atoms with Crippen LogP contribution in [0.5, 0.6) is 0 Å². The van der Waals surface area contributed by atoms with E-state index in [0.29, 0.717) is 43.6 Å². The van der Waals surface area contributed by atoms with Crippen LogP contribution in [0, 0.1) is 11.8 Å². The minimum Gasteiger partial charge on any atom is -0.390 e. The fourth-order valence-corrected chi connectivity index (χ4v) is 6.42. The Morgan fingerprint density at radius 3 is 2.70 bits per heavy atom. The van der Waals surface area contributed by atoms with Crippen molar-refractivity contribution in [1.82, 2.24) is 15.5 Å². The lowest BCUT2D eigenvalue weighted by Gasteiger charge is -2.43. The summed E-state index contributed by atoms with van der Waals surface area (Å²) in [6.45, 7) is 2.21. The molecule has 1 saturated carbocycles. The summed E-state index contributed by atoms with van der Waals surface area (Å²) in [5, 5.41) is 29.7. The lowest BCUT2D eigenvalue weighted by Crippen LogP contribution is -2.55. The first-order valence-electron chi connectivity index (χ1n) is 14.2. The summed E-state index contributed by atoms with van der Waals surface area (Å²) < 4.78 is 5.21. The van der Waals surface area contributed by atoms with Gasteiger partial charge in [-0.2, -0.15) is 0 Å². The van der Waals surface area contributed by atoms with Crippen LogP contribution in [0.2, 0.25) is 5.02 Å². The van der Waals surface area contributed by atoms with E-state index >= 15 is 0 Å². The Labute approximate surface area is 228 Å². The predicted octanol–water partition coefficient (Wildman–Crippen LogP) is 4.69. The van der Waals surface area contributed by atoms with Gasteiger partial charge in [0.15, 0.2) is 0 Å². The number of likely N-dealkylation sites (tertiary alicyclic amines) is 1. The number of amides is 2. The number of benzene rings is 1. The number of likely N-dealkylation sites (N-methyl/N-ethyl adjacent to an activating group) is 1. The molecule has 4 N–H and O–H groups in total. The lowest BCUT2D eigenvalue weighted by atomic mass is 9.74. The van der Waals surface area contributed by atoms with Crippen molar-refractivity contribution in [2.45, 2.75) is 88.4 Å². The number of methoxy groups -OCH3 is 1. The number of ether oxygens (including phenoxy) is 1. The molecule has 7 nitrogen and oxygen atoms in total. The molecule has 0 spiro atoms. The zero-order valence-corrected chi connectivity index (χ0v) is 23.5. The second-order valence-corrected chi connectivity index (χ2v) is 11.5. The third-order valence-electron chi connectivity index (χ3n) is 8.36. The zero-order valence-electron chi connectivity index (χ0n) is 22.8. The highest BCUT2D eigenvalue weighted by Crippen LogP contribution is 2.40. The standard InChI is InChI=1S/C29H48ClN3O4/c1-31-20-27(34)26(18-22-10-4-3-5-11-22)32-28(35)33-16-9-13-24(21-33)29(36,15-6-7-17-37-2)23-12-8-14-25(30)19-23/h8,12,14,19,22,24,26-27,31,34,36H,3-7,9-11,13,15-18,20-21H2,1-2H3,(H,32,35)/t24-,26+,27-,29-/m1/s1. The van der Waals surface area contributed by atoms with Gasteiger partial charge in [0.05, 0.1) is 17.7 Å². The fourth-order valence-electron chi connectivity index (χ4n) is 6.23. The number of halogens is 1. The number of piperidine rings is 1. The van der Waals surface area contributed by atoms with Gasteiger partial charge in [-0.1, -0.05) is 55.8 Å². The van der Waals surface area contributed by atoms with Crippen molar-refractivity contribution in [2.75, 3.05) is 40.4 Å². The van der Waals surface area contributed by atoms with Gasteiger partial charge in [0.2, 0.25) is 0 Å². The van der Waals surface area contributed by atoms with Gasteiger partial charge in [0.1, 0.15) is 0 Å². The Balaban J connectivity index is 1.71. The second-order valence-electron chi connectivity index (χ2n) is 11.1. The van der Waals surface area contributed by atoms with Crippen molar-refractivity contribution >= 4 is 17.6 Å². The quantitative estimate of drug-likeness (QED) is 0.274. The van der Waals surface area contributed by atoms with E-state index in [1.54, 1.807) is 7.11 Å². The van der Waals surface area contributed by atoms with E-state index in [4.69, 9.17) is 16.3 Å². The predicted molar refractivity (Wildman–Crippen MR) is 149 cm³/mol. The number of unbranched alkanes of at least 4 members (excludes halogenated alkanes) is 1. The van der Waals surface area contributed by atoms with E-state index in [2.05, 4.69) is 10.6 Å². The maximum Gasteiger partial charge on any atom is 0.317 e. The van der Waals surface area contributed by atoms with E-state index < -0.39 is 11.7 Å². The van der Waals surface area contributed by atoms with Gasteiger partial charge in [-0.15, -0.1) is 0 Å². The summed E-state index contributed by atoms with van der Waals surface area (Å²) in [5.41, 5.74) is -0.269. The summed E-state index contributed by atoms with van der Waals surface area (Å²) in [6, 6.07) is 7.06. The molecule has 1 aromatic carbocycles. The first kappa shape index (κ1) is 30.2. The van der Waals surface area contributed by atoms with Gasteiger partial charge in [-0.25, -0.2) is 4.79 Å². The molecule has 0 unspecified atom stereocenters. The SMILES string of the molecule is CNC[C@@H](O)[C@H](CC1CCCCC1)NC(=O)N1CCC[C@@H]([C@@](O)(CCCCOC)c2cccc(Cl)c2)C1. The number of carbonyl (C=O) groups is 1. The van der Waals surface area contributed by atoms with Crippen LogP contribution >= 0.6 is 11.6 Å². The molecule has 1 aromatic rings. The van der Waals surface area contributed by atoms with Gasteiger partial charge in [-0.3, -0.25) is 0 Å². The molecule has 1 saturated heterocycles. The average molecular weight is 538 g/mol. The van der Waals surface area contributed by atoms with Crippen molar-refractivity contribution in [1.29, 1.82) is 0 Å². The number of nitrogens with zero attached hydrogens (tertiary/aromatic N) is 1. The topological polar surface area (TPSA) is 94.1 Å². The molecule has 1 aliphatic heterocycles. The number of carbonyl (C=O) groups excluding carboxylic acids is 1.